The lowest BCUT2D eigenvalue weighted by atomic mass is 9.96. The lowest BCUT2D eigenvalue weighted by Crippen LogP contribution is -2.26. The van der Waals surface area contributed by atoms with E-state index in [4.69, 9.17) is 0 Å². The minimum Gasteiger partial charge on any atom is -0.313 e. The monoisotopic (exact) mass is 380 g/mol. The zero-order valence-corrected chi connectivity index (χ0v) is 16.3. The second kappa shape index (κ2) is 6.74. The van der Waals surface area contributed by atoms with E-state index >= 15 is 0 Å². The molecule has 0 saturated carbocycles. The van der Waals surface area contributed by atoms with Gasteiger partial charge >= 0.3 is 0 Å². The van der Waals surface area contributed by atoms with Crippen molar-refractivity contribution >= 4 is 33.2 Å². The summed E-state index contributed by atoms with van der Waals surface area (Å²) >= 11 is 1.51. The average Bonchev–Trinajstić information content (AvgIpc) is 3.29. The third-order valence-electron chi connectivity index (χ3n) is 4.97. The molecule has 0 bridgehead atoms. The van der Waals surface area contributed by atoms with Crippen LogP contribution < -0.4 is 5.56 Å². The molecule has 1 aliphatic rings. The van der Waals surface area contributed by atoms with Crippen LogP contribution in [0.25, 0.3) is 10.2 Å². The predicted molar refractivity (Wildman–Crippen MR) is 107 cm³/mol. The molecular formula is C20H20N4O2S. The van der Waals surface area contributed by atoms with Gasteiger partial charge in [-0.15, -0.1) is 11.3 Å². The van der Waals surface area contributed by atoms with Crippen LogP contribution in [0.5, 0.6) is 0 Å². The Labute approximate surface area is 160 Å². The van der Waals surface area contributed by atoms with Crippen molar-refractivity contribution < 1.29 is 4.79 Å². The summed E-state index contributed by atoms with van der Waals surface area (Å²) in [7, 11) is 0. The number of aromatic amines is 1. The lowest BCUT2D eigenvalue weighted by Gasteiger charge is -2.21. The second-order valence-corrected chi connectivity index (χ2v) is 7.63. The van der Waals surface area contributed by atoms with Crippen LogP contribution in [-0.4, -0.2) is 26.6 Å². The molecule has 0 spiro atoms. The molecule has 1 aliphatic heterocycles. The molecule has 3 aromatic heterocycles. The van der Waals surface area contributed by atoms with E-state index in [0.29, 0.717) is 24.1 Å². The van der Waals surface area contributed by atoms with Gasteiger partial charge in [0.1, 0.15) is 4.83 Å². The van der Waals surface area contributed by atoms with Crippen molar-refractivity contribution in [2.45, 2.75) is 39.7 Å². The fourth-order valence-corrected chi connectivity index (χ4v) is 4.35. The highest BCUT2D eigenvalue weighted by Crippen LogP contribution is 2.34. The molecule has 138 valence electrons. The smallest absolute Gasteiger partial charge is 0.258 e. The first-order chi connectivity index (χ1) is 13.0. The number of amides is 1. The molecule has 0 radical (unpaired) electrons. The van der Waals surface area contributed by atoms with Crippen LogP contribution in [0.15, 0.2) is 39.7 Å². The van der Waals surface area contributed by atoms with E-state index in [1.807, 2.05) is 44.4 Å². The van der Waals surface area contributed by atoms with Gasteiger partial charge < -0.3 is 4.98 Å². The zero-order chi connectivity index (χ0) is 19.1. The van der Waals surface area contributed by atoms with Gasteiger partial charge in [-0.1, -0.05) is 13.0 Å². The average molecular weight is 380 g/mol. The van der Waals surface area contributed by atoms with Gasteiger partial charge in [-0.2, -0.15) is 5.10 Å². The van der Waals surface area contributed by atoms with Gasteiger partial charge in [-0.25, -0.2) is 5.01 Å². The first-order valence-electron chi connectivity index (χ1n) is 8.92. The van der Waals surface area contributed by atoms with Gasteiger partial charge in [0.15, 0.2) is 0 Å². The molecule has 7 heteroatoms. The third-order valence-corrected chi connectivity index (χ3v) is 5.80. The second-order valence-electron chi connectivity index (χ2n) is 6.71. The van der Waals surface area contributed by atoms with E-state index in [1.54, 1.807) is 6.20 Å². The molecule has 1 amide bonds. The number of carbonyl (C=O) groups is 1. The molecule has 0 saturated heterocycles. The Balaban J connectivity index is 1.81. The van der Waals surface area contributed by atoms with Crippen molar-refractivity contribution in [3.63, 3.8) is 0 Å². The number of pyridine rings is 2. The highest BCUT2D eigenvalue weighted by Gasteiger charge is 2.34. The van der Waals surface area contributed by atoms with E-state index in [1.165, 1.54) is 16.3 Å². The number of carbonyl (C=O) groups excluding carboxylic acids is 1. The molecule has 4 heterocycles. The number of hydrogen-bond donors (Lipinski definition) is 1. The number of thiophene rings is 1. The van der Waals surface area contributed by atoms with Gasteiger partial charge in [-0.05, 0) is 42.5 Å². The highest BCUT2D eigenvalue weighted by atomic mass is 32.1. The third kappa shape index (κ3) is 2.98. The molecule has 0 fully saturated rings. The Morgan fingerprint density at radius 3 is 2.85 bits per heavy atom. The van der Waals surface area contributed by atoms with Crippen LogP contribution in [-0.2, 0) is 4.79 Å². The summed E-state index contributed by atoms with van der Waals surface area (Å²) in [6.07, 6.45) is 2.63. The van der Waals surface area contributed by atoms with Crippen molar-refractivity contribution in [1.82, 2.24) is 15.0 Å². The minimum absolute atomic E-state index is 0.0683. The minimum atomic E-state index is -0.238. The Hall–Kier alpha value is -2.80. The largest absolute Gasteiger partial charge is 0.313 e. The maximum absolute atomic E-state index is 12.7. The summed E-state index contributed by atoms with van der Waals surface area (Å²) in [5.74, 6) is -0.0683. The van der Waals surface area contributed by atoms with E-state index in [0.717, 1.165) is 27.0 Å². The molecule has 27 heavy (non-hydrogen) atoms. The number of fused-ring (bicyclic) bond motifs is 1. The maximum Gasteiger partial charge on any atom is 0.258 e. The Morgan fingerprint density at radius 2 is 2.15 bits per heavy atom. The molecule has 1 N–H and O–H groups in total. The Bertz CT molecular complexity index is 1110. The molecule has 0 aliphatic carbocycles. The summed E-state index contributed by atoms with van der Waals surface area (Å²) in [6.45, 7) is 5.68. The van der Waals surface area contributed by atoms with Crippen LogP contribution in [0, 0.1) is 13.8 Å². The van der Waals surface area contributed by atoms with Crippen molar-refractivity contribution in [3.05, 3.63) is 62.5 Å². The Morgan fingerprint density at radius 1 is 1.33 bits per heavy atom. The van der Waals surface area contributed by atoms with Crippen LogP contribution >= 0.6 is 11.3 Å². The quantitative estimate of drug-likeness (QED) is 0.753. The SMILES string of the molecule is CCC(=O)N1N=C(c2c(C)c3ccsc3[nH]c2=O)C[C@@H]1c1ccc(C)nc1. The molecule has 0 unspecified atom stereocenters. The molecule has 3 aromatic rings. The Kier molecular flexibility index (Phi) is 4.39. The van der Waals surface area contributed by atoms with Crippen LogP contribution in [0.3, 0.4) is 0 Å². The van der Waals surface area contributed by atoms with Gasteiger partial charge in [0.05, 0.1) is 17.3 Å². The predicted octanol–water partition coefficient (Wildman–Crippen LogP) is 3.69. The summed E-state index contributed by atoms with van der Waals surface area (Å²) in [4.78, 5) is 33.4. The lowest BCUT2D eigenvalue weighted by molar-refractivity contribution is -0.132. The number of rotatable bonds is 3. The number of H-pyrrole nitrogens is 1. The summed E-state index contributed by atoms with van der Waals surface area (Å²) < 4.78 is 0. The fraction of sp³-hybridized carbons (Fsp3) is 0.300. The van der Waals surface area contributed by atoms with Crippen molar-refractivity contribution in [2.24, 2.45) is 5.10 Å². The number of nitrogens with one attached hydrogen (secondary N) is 1. The first-order valence-corrected chi connectivity index (χ1v) is 9.80. The van der Waals surface area contributed by atoms with E-state index in [2.05, 4.69) is 15.1 Å². The number of hydrazone groups is 1. The standard InChI is InChI=1S/C20H20N4O2S/c1-4-17(25)24-16(13-6-5-11(2)21-10-13)9-15(23-24)18-12(3)14-7-8-27-20(14)22-19(18)26/h5-8,10,16H,4,9H2,1-3H3,(H,22,26)/t16-/m1/s1. The first kappa shape index (κ1) is 17.6. The van der Waals surface area contributed by atoms with Gasteiger partial charge in [-0.3, -0.25) is 14.6 Å². The fourth-order valence-electron chi connectivity index (χ4n) is 3.51. The van der Waals surface area contributed by atoms with Gasteiger partial charge in [0.25, 0.3) is 5.56 Å². The van der Waals surface area contributed by atoms with E-state index in [9.17, 15) is 9.59 Å². The highest BCUT2D eigenvalue weighted by molar-refractivity contribution is 7.16. The normalized spacial score (nSPS) is 16.8. The molecule has 6 nitrogen and oxygen atoms in total. The summed E-state index contributed by atoms with van der Waals surface area (Å²) in [5, 5.41) is 9.07. The van der Waals surface area contributed by atoms with E-state index in [-0.39, 0.29) is 17.5 Å². The van der Waals surface area contributed by atoms with Gasteiger partial charge in [0, 0.05) is 30.1 Å². The van der Waals surface area contributed by atoms with Crippen molar-refractivity contribution in [3.8, 4) is 0 Å². The number of aryl methyl sites for hydroxylation is 2. The molecule has 0 aromatic carbocycles. The van der Waals surface area contributed by atoms with E-state index < -0.39 is 0 Å². The van der Waals surface area contributed by atoms with Crippen LogP contribution in [0.1, 0.15) is 48.2 Å². The topological polar surface area (TPSA) is 78.4 Å². The molecule has 4 rings (SSSR count). The number of aromatic nitrogens is 2. The maximum atomic E-state index is 12.7. The molecule has 1 atom stereocenters. The van der Waals surface area contributed by atoms with Crippen molar-refractivity contribution in [2.75, 3.05) is 0 Å². The van der Waals surface area contributed by atoms with Gasteiger partial charge in [0.2, 0.25) is 5.91 Å². The van der Waals surface area contributed by atoms with Crippen LogP contribution in [0.2, 0.25) is 0 Å². The number of nitrogens with zero attached hydrogens (tertiary/aromatic N) is 3. The zero-order valence-electron chi connectivity index (χ0n) is 15.4. The molecular weight excluding hydrogens is 360 g/mol. The van der Waals surface area contributed by atoms with Crippen molar-refractivity contribution in [1.29, 1.82) is 0 Å². The summed E-state index contributed by atoms with van der Waals surface area (Å²) in [6, 6.07) is 5.66. The number of hydrogen-bond acceptors (Lipinski definition) is 5. The summed E-state index contributed by atoms with van der Waals surface area (Å²) in [5.41, 5.74) is 3.80. The van der Waals surface area contributed by atoms with Crippen LogP contribution in [0.4, 0.5) is 0 Å².